The van der Waals surface area contributed by atoms with Gasteiger partial charge >= 0.3 is 0 Å². The van der Waals surface area contributed by atoms with E-state index >= 15 is 0 Å². The van der Waals surface area contributed by atoms with Crippen LogP contribution in [0.25, 0.3) is 10.2 Å². The van der Waals surface area contributed by atoms with E-state index in [2.05, 4.69) is 4.98 Å². The fourth-order valence-corrected chi connectivity index (χ4v) is 3.98. The third-order valence-electron chi connectivity index (χ3n) is 4.15. The van der Waals surface area contributed by atoms with Crippen LogP contribution in [0.5, 0.6) is 0 Å². The summed E-state index contributed by atoms with van der Waals surface area (Å²) in [5.41, 5.74) is 0.794. The van der Waals surface area contributed by atoms with Gasteiger partial charge in [0.2, 0.25) is 0 Å². The number of piperazine rings is 1. The third-order valence-corrected chi connectivity index (χ3v) is 5.21. The number of nitrogens with zero attached hydrogens (tertiary/aromatic N) is 3. The highest BCUT2D eigenvalue weighted by atomic mass is 32.1. The number of para-hydroxylation sites is 1. The highest BCUT2D eigenvalue weighted by molar-refractivity contribution is 7.22. The van der Waals surface area contributed by atoms with Gasteiger partial charge in [-0.15, -0.1) is 0 Å². The van der Waals surface area contributed by atoms with Gasteiger partial charge in [0.05, 0.1) is 10.4 Å². The standard InChI is InChI=1S/C17H14F3N3S/c18-11-9-13(20)16-15(10-11)24-17(21-16)23-7-5-22(6-8-23)14-4-2-1-3-12(14)19/h1-4,9-10H,5-8H2. The fourth-order valence-electron chi connectivity index (χ4n) is 2.93. The molecule has 3 nitrogen and oxygen atoms in total. The average Bonchev–Trinajstić information content (AvgIpc) is 3.00. The van der Waals surface area contributed by atoms with Crippen LogP contribution >= 0.6 is 11.3 Å². The molecule has 0 bridgehead atoms. The quantitative estimate of drug-likeness (QED) is 0.696. The molecule has 124 valence electrons. The van der Waals surface area contributed by atoms with Crippen LogP contribution in [0.3, 0.4) is 0 Å². The Morgan fingerprint density at radius 2 is 1.58 bits per heavy atom. The summed E-state index contributed by atoms with van der Waals surface area (Å²) < 4.78 is 41.5. The molecule has 1 aliphatic heterocycles. The molecule has 0 atom stereocenters. The van der Waals surface area contributed by atoms with E-state index in [0.29, 0.717) is 41.7 Å². The second-order valence-electron chi connectivity index (χ2n) is 5.66. The molecular weight excluding hydrogens is 335 g/mol. The molecule has 4 rings (SSSR count). The summed E-state index contributed by atoms with van der Waals surface area (Å²) in [6.45, 7) is 2.60. The number of halogens is 3. The van der Waals surface area contributed by atoms with E-state index in [1.807, 2.05) is 15.9 Å². The van der Waals surface area contributed by atoms with E-state index < -0.39 is 11.6 Å². The maximum atomic E-state index is 13.9. The van der Waals surface area contributed by atoms with Gasteiger partial charge in [-0.3, -0.25) is 0 Å². The van der Waals surface area contributed by atoms with Crippen molar-refractivity contribution in [1.82, 2.24) is 4.98 Å². The van der Waals surface area contributed by atoms with Crippen LogP contribution in [0.4, 0.5) is 24.0 Å². The SMILES string of the molecule is Fc1cc(F)c2nc(N3CCN(c4ccccc4F)CC3)sc2c1. The molecule has 2 heterocycles. The Morgan fingerprint density at radius 1 is 0.875 bits per heavy atom. The predicted octanol–water partition coefficient (Wildman–Crippen LogP) is 4.04. The largest absolute Gasteiger partial charge is 0.366 e. The van der Waals surface area contributed by atoms with Crippen molar-refractivity contribution in [2.24, 2.45) is 0 Å². The van der Waals surface area contributed by atoms with Crippen molar-refractivity contribution in [2.45, 2.75) is 0 Å². The van der Waals surface area contributed by atoms with Gasteiger partial charge in [-0.25, -0.2) is 18.2 Å². The number of anilines is 2. The van der Waals surface area contributed by atoms with Crippen molar-refractivity contribution < 1.29 is 13.2 Å². The van der Waals surface area contributed by atoms with Gasteiger partial charge in [0.25, 0.3) is 0 Å². The Hall–Kier alpha value is -2.28. The highest BCUT2D eigenvalue weighted by Crippen LogP contribution is 2.32. The normalized spacial score (nSPS) is 15.3. The van der Waals surface area contributed by atoms with Crippen LogP contribution in [-0.2, 0) is 0 Å². The zero-order valence-electron chi connectivity index (χ0n) is 12.7. The monoisotopic (exact) mass is 349 g/mol. The first kappa shape index (κ1) is 15.3. The van der Waals surface area contributed by atoms with Crippen molar-refractivity contribution in [2.75, 3.05) is 36.0 Å². The highest BCUT2D eigenvalue weighted by Gasteiger charge is 2.22. The molecule has 0 amide bonds. The summed E-state index contributed by atoms with van der Waals surface area (Å²) in [4.78, 5) is 8.32. The minimum atomic E-state index is -0.641. The maximum absolute atomic E-state index is 13.9. The van der Waals surface area contributed by atoms with Crippen LogP contribution in [0.2, 0.25) is 0 Å². The van der Waals surface area contributed by atoms with E-state index in [1.165, 1.54) is 23.5 Å². The van der Waals surface area contributed by atoms with Gasteiger partial charge < -0.3 is 9.80 Å². The van der Waals surface area contributed by atoms with Gasteiger partial charge in [0.15, 0.2) is 10.9 Å². The molecular formula is C17H14F3N3S. The average molecular weight is 349 g/mol. The Balaban J connectivity index is 1.54. The zero-order chi connectivity index (χ0) is 16.7. The lowest BCUT2D eigenvalue weighted by Gasteiger charge is -2.36. The first-order chi connectivity index (χ1) is 11.6. The first-order valence-corrected chi connectivity index (χ1v) is 8.43. The molecule has 2 aromatic carbocycles. The smallest absolute Gasteiger partial charge is 0.186 e. The van der Waals surface area contributed by atoms with Gasteiger partial charge in [0.1, 0.15) is 17.2 Å². The van der Waals surface area contributed by atoms with E-state index in [9.17, 15) is 13.2 Å². The second-order valence-corrected chi connectivity index (χ2v) is 6.67. The van der Waals surface area contributed by atoms with Crippen molar-refractivity contribution in [3.63, 3.8) is 0 Å². The van der Waals surface area contributed by atoms with Gasteiger partial charge in [-0.05, 0) is 18.2 Å². The summed E-state index contributed by atoms with van der Waals surface area (Å²) in [6, 6.07) is 8.85. The Labute approximate surface area is 141 Å². The molecule has 1 fully saturated rings. The Kier molecular flexibility index (Phi) is 3.80. The van der Waals surface area contributed by atoms with Crippen LogP contribution in [-0.4, -0.2) is 31.2 Å². The minimum absolute atomic E-state index is 0.202. The topological polar surface area (TPSA) is 19.4 Å². The summed E-state index contributed by atoms with van der Waals surface area (Å²) >= 11 is 1.27. The molecule has 0 N–H and O–H groups in total. The van der Waals surface area contributed by atoms with Crippen LogP contribution in [0.15, 0.2) is 36.4 Å². The van der Waals surface area contributed by atoms with E-state index in [4.69, 9.17) is 0 Å². The molecule has 1 saturated heterocycles. The lowest BCUT2D eigenvalue weighted by molar-refractivity contribution is 0.590. The van der Waals surface area contributed by atoms with Crippen molar-refractivity contribution in [3.05, 3.63) is 53.8 Å². The molecule has 0 spiro atoms. The summed E-state index contributed by atoms with van der Waals surface area (Å²) in [5.74, 6) is -1.47. The van der Waals surface area contributed by atoms with Crippen LogP contribution in [0.1, 0.15) is 0 Å². The molecule has 0 saturated carbocycles. The van der Waals surface area contributed by atoms with Gasteiger partial charge in [-0.2, -0.15) is 0 Å². The zero-order valence-corrected chi connectivity index (χ0v) is 13.5. The molecule has 0 aliphatic carbocycles. The predicted molar refractivity (Wildman–Crippen MR) is 90.4 cm³/mol. The number of thiazole rings is 1. The number of hydrogen-bond acceptors (Lipinski definition) is 4. The maximum Gasteiger partial charge on any atom is 0.186 e. The van der Waals surface area contributed by atoms with Crippen LogP contribution in [0, 0.1) is 17.5 Å². The molecule has 1 aliphatic rings. The molecule has 3 aromatic rings. The first-order valence-electron chi connectivity index (χ1n) is 7.62. The number of rotatable bonds is 2. The van der Waals surface area contributed by atoms with Crippen molar-refractivity contribution in [3.8, 4) is 0 Å². The van der Waals surface area contributed by atoms with Crippen molar-refractivity contribution >= 4 is 32.4 Å². The molecule has 0 radical (unpaired) electrons. The Morgan fingerprint density at radius 3 is 2.33 bits per heavy atom. The summed E-state index contributed by atoms with van der Waals surface area (Å²) in [6.07, 6.45) is 0. The number of fused-ring (bicyclic) bond motifs is 1. The van der Waals surface area contributed by atoms with E-state index in [0.717, 1.165) is 6.07 Å². The van der Waals surface area contributed by atoms with E-state index in [1.54, 1.807) is 12.1 Å². The molecule has 1 aromatic heterocycles. The van der Waals surface area contributed by atoms with Crippen molar-refractivity contribution in [1.29, 1.82) is 0 Å². The summed E-state index contributed by atoms with van der Waals surface area (Å²) in [7, 11) is 0. The third kappa shape index (κ3) is 2.69. The molecule has 24 heavy (non-hydrogen) atoms. The number of hydrogen-bond donors (Lipinski definition) is 0. The molecule has 0 unspecified atom stereocenters. The van der Waals surface area contributed by atoms with Gasteiger partial charge in [-0.1, -0.05) is 23.5 Å². The number of aromatic nitrogens is 1. The summed E-state index contributed by atoms with van der Waals surface area (Å²) in [5, 5.41) is 0.669. The second kappa shape index (κ2) is 5.98. The Bertz CT molecular complexity index is 888. The van der Waals surface area contributed by atoms with Crippen LogP contribution < -0.4 is 9.80 Å². The van der Waals surface area contributed by atoms with E-state index in [-0.39, 0.29) is 11.3 Å². The van der Waals surface area contributed by atoms with Gasteiger partial charge in [0, 0.05) is 32.2 Å². The number of benzene rings is 2. The lowest BCUT2D eigenvalue weighted by Crippen LogP contribution is -2.46. The minimum Gasteiger partial charge on any atom is -0.366 e. The lowest BCUT2D eigenvalue weighted by atomic mass is 10.2. The molecule has 7 heteroatoms. The fraction of sp³-hybridized carbons (Fsp3) is 0.235.